The highest BCUT2D eigenvalue weighted by Gasteiger charge is 2.33. The van der Waals surface area contributed by atoms with Crippen molar-refractivity contribution in [1.82, 2.24) is 8.85 Å². The van der Waals surface area contributed by atoms with Crippen LogP contribution < -0.4 is 8.85 Å². The van der Waals surface area contributed by atoms with E-state index in [1.165, 1.54) is 0 Å². The van der Waals surface area contributed by atoms with Crippen molar-refractivity contribution < 1.29 is 9.53 Å². The lowest BCUT2D eigenvalue weighted by molar-refractivity contribution is -0.148. The minimum Gasteiger partial charge on any atom is -0.460 e. The van der Waals surface area contributed by atoms with Crippen LogP contribution in [-0.2, 0) is 16.1 Å². The molecule has 1 aliphatic rings. The second-order valence-electron chi connectivity index (χ2n) is 4.41. The average molecular weight is 360 g/mol. The number of rotatable bonds is 5. The highest BCUT2D eigenvalue weighted by Crippen LogP contribution is 2.17. The lowest BCUT2D eigenvalue weighted by atomic mass is 10.0. The van der Waals surface area contributed by atoms with Gasteiger partial charge >= 0.3 is 5.97 Å². The Balaban J connectivity index is 1.84. The molecule has 4 nitrogen and oxygen atoms in total. The van der Waals surface area contributed by atoms with Crippen LogP contribution in [0, 0.1) is 5.92 Å². The third-order valence-electron chi connectivity index (χ3n) is 3.17. The molecule has 2 N–H and O–H groups in total. The molecule has 1 aliphatic heterocycles. The Morgan fingerprint density at radius 3 is 2.94 bits per heavy atom. The summed E-state index contributed by atoms with van der Waals surface area (Å²) in [6.45, 7) is 2.06. The van der Waals surface area contributed by atoms with Crippen molar-refractivity contribution in [2.45, 2.75) is 19.1 Å². The number of nitrogens with one attached hydrogen (secondary N) is 2. The molecule has 0 spiro atoms. The van der Waals surface area contributed by atoms with E-state index >= 15 is 0 Å². The fourth-order valence-electron chi connectivity index (χ4n) is 2.17. The predicted octanol–water partition coefficient (Wildman–Crippen LogP) is 1.65. The van der Waals surface area contributed by atoms with E-state index in [9.17, 15) is 4.79 Å². The summed E-state index contributed by atoms with van der Waals surface area (Å²) in [7, 11) is 0. The summed E-state index contributed by atoms with van der Waals surface area (Å²) in [5, 5.41) is 3.21. The standard InChI is InChI=1S/C13H17IN2O2/c14-16-8-11-6-7-15-12(11)13(17)18-9-10-4-2-1-3-5-10/h1-5,11-12,15-16H,6-9H2. The predicted molar refractivity (Wildman–Crippen MR) is 78.2 cm³/mol. The summed E-state index contributed by atoms with van der Waals surface area (Å²) in [5.74, 6) is 0.179. The van der Waals surface area contributed by atoms with E-state index in [4.69, 9.17) is 4.74 Å². The molecule has 1 aromatic rings. The van der Waals surface area contributed by atoms with Gasteiger partial charge in [-0.05, 0) is 24.4 Å². The third-order valence-corrected chi connectivity index (χ3v) is 3.61. The van der Waals surface area contributed by atoms with Crippen molar-refractivity contribution in [3.05, 3.63) is 35.9 Å². The van der Waals surface area contributed by atoms with E-state index in [-0.39, 0.29) is 12.0 Å². The highest BCUT2D eigenvalue weighted by molar-refractivity contribution is 14.1. The first kappa shape index (κ1) is 13.8. The molecular weight excluding hydrogens is 343 g/mol. The Kier molecular flexibility index (Phi) is 5.40. The maximum Gasteiger partial charge on any atom is 0.323 e. The van der Waals surface area contributed by atoms with E-state index in [2.05, 4.69) is 31.7 Å². The summed E-state index contributed by atoms with van der Waals surface area (Å²) in [5.41, 5.74) is 1.02. The number of carbonyl (C=O) groups is 1. The molecule has 0 radical (unpaired) electrons. The Morgan fingerprint density at radius 2 is 2.22 bits per heavy atom. The monoisotopic (exact) mass is 360 g/mol. The third kappa shape index (κ3) is 3.66. The van der Waals surface area contributed by atoms with Crippen molar-refractivity contribution in [1.29, 1.82) is 0 Å². The quantitative estimate of drug-likeness (QED) is 0.476. The van der Waals surface area contributed by atoms with Gasteiger partial charge < -0.3 is 10.1 Å². The number of carbonyl (C=O) groups excluding carboxylic acids is 1. The van der Waals surface area contributed by atoms with Gasteiger partial charge in [0.25, 0.3) is 0 Å². The molecule has 0 bridgehead atoms. The van der Waals surface area contributed by atoms with Crippen molar-refractivity contribution in [2.75, 3.05) is 13.1 Å². The zero-order valence-electron chi connectivity index (χ0n) is 10.1. The van der Waals surface area contributed by atoms with Gasteiger partial charge in [-0.15, -0.1) is 0 Å². The van der Waals surface area contributed by atoms with Crippen LogP contribution in [0.4, 0.5) is 0 Å². The van der Waals surface area contributed by atoms with Crippen molar-refractivity contribution in [2.24, 2.45) is 5.92 Å². The maximum atomic E-state index is 12.0. The van der Waals surface area contributed by atoms with Crippen LogP contribution in [0.2, 0.25) is 0 Å². The van der Waals surface area contributed by atoms with Crippen LogP contribution in [-0.4, -0.2) is 25.1 Å². The van der Waals surface area contributed by atoms with Gasteiger partial charge in [0.1, 0.15) is 12.6 Å². The van der Waals surface area contributed by atoms with Gasteiger partial charge in [0.2, 0.25) is 0 Å². The van der Waals surface area contributed by atoms with Crippen molar-refractivity contribution in [3.63, 3.8) is 0 Å². The van der Waals surface area contributed by atoms with Gasteiger partial charge in [0, 0.05) is 29.4 Å². The van der Waals surface area contributed by atoms with E-state index in [0.29, 0.717) is 12.5 Å². The highest BCUT2D eigenvalue weighted by atomic mass is 127. The van der Waals surface area contributed by atoms with Crippen molar-refractivity contribution >= 4 is 28.8 Å². The molecule has 2 atom stereocenters. The molecule has 2 rings (SSSR count). The van der Waals surface area contributed by atoms with Gasteiger partial charge in [-0.1, -0.05) is 30.3 Å². The number of ether oxygens (including phenoxy) is 1. The molecule has 0 aromatic heterocycles. The van der Waals surface area contributed by atoms with Crippen LogP contribution in [0.5, 0.6) is 0 Å². The minimum absolute atomic E-state index is 0.145. The fraction of sp³-hybridized carbons (Fsp3) is 0.462. The van der Waals surface area contributed by atoms with Gasteiger partial charge in [0.05, 0.1) is 0 Å². The van der Waals surface area contributed by atoms with E-state index in [1.54, 1.807) is 0 Å². The summed E-state index contributed by atoms with van der Waals surface area (Å²) < 4.78 is 8.45. The number of hydrogen-bond donors (Lipinski definition) is 2. The van der Waals surface area contributed by atoms with E-state index < -0.39 is 0 Å². The molecule has 0 aliphatic carbocycles. The molecule has 1 saturated heterocycles. The Labute approximate surface area is 121 Å². The lowest BCUT2D eigenvalue weighted by Crippen LogP contribution is -2.39. The number of esters is 1. The summed E-state index contributed by atoms with van der Waals surface area (Å²) >= 11 is 2.11. The van der Waals surface area contributed by atoms with Gasteiger partial charge in [0.15, 0.2) is 0 Å². The molecule has 1 aromatic carbocycles. The Bertz CT molecular complexity index is 386. The molecule has 1 fully saturated rings. The number of halogens is 1. The van der Waals surface area contributed by atoms with E-state index in [1.807, 2.05) is 30.3 Å². The van der Waals surface area contributed by atoms with Crippen LogP contribution in [0.25, 0.3) is 0 Å². The van der Waals surface area contributed by atoms with Crippen LogP contribution >= 0.6 is 22.9 Å². The van der Waals surface area contributed by atoms with Crippen LogP contribution in [0.3, 0.4) is 0 Å². The summed E-state index contributed by atoms with van der Waals surface area (Å²) in [6, 6.07) is 9.58. The Hall–Kier alpha value is -0.660. The number of hydrogen-bond acceptors (Lipinski definition) is 4. The van der Waals surface area contributed by atoms with Gasteiger partial charge in [-0.3, -0.25) is 8.32 Å². The molecule has 1 heterocycles. The SMILES string of the molecule is O=C(OCc1ccccc1)C1NCCC1CNI. The summed E-state index contributed by atoms with van der Waals surface area (Å²) in [6.07, 6.45) is 1.01. The molecule has 98 valence electrons. The normalized spacial score (nSPS) is 22.9. The largest absolute Gasteiger partial charge is 0.460 e. The average Bonchev–Trinajstić information content (AvgIpc) is 2.86. The van der Waals surface area contributed by atoms with Crippen molar-refractivity contribution in [3.8, 4) is 0 Å². The first-order chi connectivity index (χ1) is 8.81. The lowest BCUT2D eigenvalue weighted by Gasteiger charge is -2.17. The fourth-order valence-corrected chi connectivity index (χ4v) is 2.74. The first-order valence-corrected chi connectivity index (χ1v) is 7.16. The van der Waals surface area contributed by atoms with Gasteiger partial charge in [-0.25, -0.2) is 0 Å². The van der Waals surface area contributed by atoms with E-state index in [0.717, 1.165) is 25.1 Å². The zero-order chi connectivity index (χ0) is 12.8. The second-order valence-corrected chi connectivity index (χ2v) is 5.17. The molecule has 0 saturated carbocycles. The maximum absolute atomic E-state index is 12.0. The van der Waals surface area contributed by atoms with Crippen LogP contribution in [0.1, 0.15) is 12.0 Å². The van der Waals surface area contributed by atoms with Crippen LogP contribution in [0.15, 0.2) is 30.3 Å². The molecule has 2 unspecified atom stereocenters. The Morgan fingerprint density at radius 1 is 1.44 bits per heavy atom. The smallest absolute Gasteiger partial charge is 0.323 e. The molecular formula is C13H17IN2O2. The zero-order valence-corrected chi connectivity index (χ0v) is 12.2. The number of benzene rings is 1. The summed E-state index contributed by atoms with van der Waals surface area (Å²) in [4.78, 5) is 12.0. The molecule has 18 heavy (non-hydrogen) atoms. The minimum atomic E-state index is -0.170. The topological polar surface area (TPSA) is 50.4 Å². The molecule has 0 amide bonds. The second kappa shape index (κ2) is 7.06. The molecule has 5 heteroatoms. The van der Waals surface area contributed by atoms with Gasteiger partial charge in [-0.2, -0.15) is 0 Å². The first-order valence-electron chi connectivity index (χ1n) is 6.08.